The average Bonchev–Trinajstić information content (AvgIpc) is 3.59. The van der Waals surface area contributed by atoms with Crippen LogP contribution >= 0.6 is 0 Å². The van der Waals surface area contributed by atoms with Crippen LogP contribution in [0, 0.1) is 0 Å². The molecule has 0 aliphatic carbocycles. The highest BCUT2D eigenvalue weighted by atomic mass is 16.7. The first-order valence-corrected chi connectivity index (χ1v) is 16.8. The van der Waals surface area contributed by atoms with Gasteiger partial charge in [-0.2, -0.15) is 0 Å². The quantitative estimate of drug-likeness (QED) is 0.253. The number of nitrogens with zero attached hydrogens (tertiary/aromatic N) is 1. The summed E-state index contributed by atoms with van der Waals surface area (Å²) < 4.78 is 30.0. The summed E-state index contributed by atoms with van der Waals surface area (Å²) in [6, 6.07) is 23.6. The molecule has 0 radical (unpaired) electrons. The number of benzene rings is 3. The highest BCUT2D eigenvalue weighted by Crippen LogP contribution is 2.40. The van der Waals surface area contributed by atoms with Gasteiger partial charge in [0.05, 0.1) is 38.6 Å². The molecule has 3 aliphatic heterocycles. The fourth-order valence-corrected chi connectivity index (χ4v) is 6.52. The van der Waals surface area contributed by atoms with Gasteiger partial charge in [0.25, 0.3) is 0 Å². The van der Waals surface area contributed by atoms with Gasteiger partial charge < -0.3 is 44.3 Å². The van der Waals surface area contributed by atoms with Crippen LogP contribution in [-0.4, -0.2) is 79.9 Å². The van der Waals surface area contributed by atoms with E-state index in [4.69, 9.17) is 23.7 Å². The van der Waals surface area contributed by atoms with Gasteiger partial charge in [0.15, 0.2) is 12.1 Å². The van der Waals surface area contributed by atoms with Crippen LogP contribution in [0.1, 0.15) is 60.8 Å². The van der Waals surface area contributed by atoms with Gasteiger partial charge in [-0.3, -0.25) is 4.79 Å². The molecule has 2 amide bonds. The van der Waals surface area contributed by atoms with Crippen molar-refractivity contribution in [3.8, 4) is 11.1 Å². The van der Waals surface area contributed by atoms with Gasteiger partial charge in [-0.1, -0.05) is 60.7 Å². The van der Waals surface area contributed by atoms with Gasteiger partial charge in [0.1, 0.15) is 6.54 Å². The fourth-order valence-electron chi connectivity index (χ4n) is 6.52. The summed E-state index contributed by atoms with van der Waals surface area (Å²) in [6.45, 7) is 5.97. The number of ether oxygens (including phenoxy) is 5. The number of hydrogen-bond acceptors (Lipinski definition) is 9. The van der Waals surface area contributed by atoms with E-state index in [-0.39, 0.29) is 32.0 Å². The first kappa shape index (κ1) is 34.0. The van der Waals surface area contributed by atoms with Crippen LogP contribution in [-0.2, 0) is 41.6 Å². The van der Waals surface area contributed by atoms with E-state index in [0.717, 1.165) is 65.9 Å². The zero-order valence-corrected chi connectivity index (χ0v) is 27.4. The largest absolute Gasteiger partial charge is 0.465 e. The molecule has 3 saturated heterocycles. The van der Waals surface area contributed by atoms with Crippen LogP contribution < -0.4 is 10.6 Å². The lowest BCUT2D eigenvalue weighted by Gasteiger charge is -2.41. The van der Waals surface area contributed by atoms with Gasteiger partial charge in [-0.15, -0.1) is 0 Å². The van der Waals surface area contributed by atoms with E-state index in [1.54, 1.807) is 6.92 Å². The van der Waals surface area contributed by atoms with Crippen molar-refractivity contribution in [3.05, 3.63) is 95.1 Å². The zero-order chi connectivity index (χ0) is 33.3. The van der Waals surface area contributed by atoms with Crippen LogP contribution in [0.25, 0.3) is 11.1 Å². The van der Waals surface area contributed by atoms with E-state index in [9.17, 15) is 14.7 Å². The predicted molar refractivity (Wildman–Crippen MR) is 177 cm³/mol. The van der Waals surface area contributed by atoms with Gasteiger partial charge in [-0.25, -0.2) is 4.79 Å². The number of aliphatic hydroxyl groups excluding tert-OH is 1. The molecule has 0 aromatic heterocycles. The maximum absolute atomic E-state index is 12.2. The lowest BCUT2D eigenvalue weighted by Crippen LogP contribution is -2.48. The Morgan fingerprint density at radius 3 is 2.35 bits per heavy atom. The molecule has 3 atom stereocenters. The van der Waals surface area contributed by atoms with E-state index < -0.39 is 24.1 Å². The minimum Gasteiger partial charge on any atom is -0.465 e. The molecular weight excluding hydrogens is 614 g/mol. The Bertz CT molecular complexity index is 1520. The molecule has 1 spiro atoms. The summed E-state index contributed by atoms with van der Waals surface area (Å²) in [5, 5.41) is 14.9. The van der Waals surface area contributed by atoms with Crippen LogP contribution in [0.15, 0.2) is 72.8 Å². The third kappa shape index (κ3) is 8.79. The highest BCUT2D eigenvalue weighted by Gasteiger charge is 2.41. The number of likely N-dealkylation sites (tertiary alicyclic amines) is 1. The molecule has 3 aromatic rings. The summed E-state index contributed by atoms with van der Waals surface area (Å²) in [6.07, 6.45) is 1.61. The van der Waals surface area contributed by atoms with E-state index in [0.29, 0.717) is 26.2 Å². The summed E-state index contributed by atoms with van der Waals surface area (Å²) in [7, 11) is 0. The van der Waals surface area contributed by atoms with Crippen LogP contribution in [0.2, 0.25) is 0 Å². The Morgan fingerprint density at radius 1 is 0.896 bits per heavy atom. The molecule has 3 N–H and O–H groups in total. The Labute approximate surface area is 281 Å². The van der Waals surface area contributed by atoms with Gasteiger partial charge in [-0.05, 0) is 46.9 Å². The van der Waals surface area contributed by atoms with Gasteiger partial charge >= 0.3 is 12.0 Å². The number of amides is 2. The monoisotopic (exact) mass is 659 g/mol. The fraction of sp³-hybridized carbons (Fsp3) is 0.459. The standard InChI is InChI=1S/C37H45N3O8/c1-2-44-34(42)23-39-36(43)38-22-27-5-3-6-29(19-27)30-7-4-8-31(20-30)35-47-32(21-33(48-35)28-11-9-26(25-41)10-12-28)24-40-15-13-37(14-16-40)45-17-18-46-37/h3-12,19-20,32-33,35,41H,2,13-18,21-25H2,1H3,(H2,38,39,43)/t32-,33+,35+/m1/s1. The number of carbonyl (C=O) groups is 2. The van der Waals surface area contributed by atoms with Crippen LogP contribution in [0.3, 0.4) is 0 Å². The third-order valence-corrected chi connectivity index (χ3v) is 9.08. The topological polar surface area (TPSA) is 128 Å². The number of hydrogen-bond donors (Lipinski definition) is 3. The van der Waals surface area contributed by atoms with E-state index >= 15 is 0 Å². The summed E-state index contributed by atoms with van der Waals surface area (Å²) in [5.74, 6) is -0.900. The minimum atomic E-state index is -0.572. The molecule has 0 bridgehead atoms. The smallest absolute Gasteiger partial charge is 0.325 e. The third-order valence-electron chi connectivity index (χ3n) is 9.08. The molecule has 11 nitrogen and oxygen atoms in total. The van der Waals surface area contributed by atoms with Crippen molar-refractivity contribution >= 4 is 12.0 Å². The van der Waals surface area contributed by atoms with Gasteiger partial charge in [0.2, 0.25) is 0 Å². The second-order valence-corrected chi connectivity index (χ2v) is 12.4. The summed E-state index contributed by atoms with van der Waals surface area (Å²) >= 11 is 0. The van der Waals surface area contributed by atoms with Crippen molar-refractivity contribution in [2.45, 2.75) is 63.6 Å². The molecule has 3 heterocycles. The molecule has 11 heteroatoms. The number of piperidine rings is 1. The van der Waals surface area contributed by atoms with E-state index in [2.05, 4.69) is 21.6 Å². The number of nitrogens with one attached hydrogen (secondary N) is 2. The van der Waals surface area contributed by atoms with Crippen molar-refractivity contribution in [1.82, 2.24) is 15.5 Å². The second kappa shape index (κ2) is 16.0. The number of rotatable bonds is 11. The molecule has 48 heavy (non-hydrogen) atoms. The first-order chi connectivity index (χ1) is 23.4. The Hall–Kier alpha value is -3.84. The highest BCUT2D eigenvalue weighted by molar-refractivity contribution is 5.80. The minimum absolute atomic E-state index is 0.00319. The molecule has 0 unspecified atom stereocenters. The predicted octanol–water partition coefficient (Wildman–Crippen LogP) is 4.59. The van der Waals surface area contributed by atoms with Gasteiger partial charge in [0, 0.05) is 51.0 Å². The van der Waals surface area contributed by atoms with Crippen molar-refractivity contribution in [2.75, 3.05) is 46.0 Å². The Morgan fingerprint density at radius 2 is 1.62 bits per heavy atom. The van der Waals surface area contributed by atoms with Crippen molar-refractivity contribution in [2.24, 2.45) is 0 Å². The summed E-state index contributed by atoms with van der Waals surface area (Å²) in [5.41, 5.74) is 5.74. The molecule has 3 aromatic carbocycles. The first-order valence-electron chi connectivity index (χ1n) is 16.8. The van der Waals surface area contributed by atoms with Crippen molar-refractivity contribution in [3.63, 3.8) is 0 Å². The molecule has 3 aliphatic rings. The maximum atomic E-state index is 12.2. The molecule has 3 fully saturated rings. The number of urea groups is 1. The SMILES string of the molecule is CCOC(=O)CNC(=O)NCc1cccc(-c2cccc([C@H]3O[C@@H](CN4CCC5(CC4)OCCO5)C[C@@H](c4ccc(CO)cc4)O3)c2)c1. The second-order valence-electron chi connectivity index (χ2n) is 12.4. The lowest BCUT2D eigenvalue weighted by molar-refractivity contribution is -0.255. The van der Waals surface area contributed by atoms with Crippen LogP contribution in [0.5, 0.6) is 0 Å². The molecule has 0 saturated carbocycles. The average molecular weight is 660 g/mol. The normalized spacial score (nSPS) is 22.3. The Kier molecular flexibility index (Phi) is 11.4. The molecule has 6 rings (SSSR count). The lowest BCUT2D eigenvalue weighted by atomic mass is 9.97. The number of aliphatic hydroxyl groups is 1. The van der Waals surface area contributed by atoms with Crippen molar-refractivity contribution < 1.29 is 38.4 Å². The molecular formula is C37H45N3O8. The van der Waals surface area contributed by atoms with E-state index in [1.807, 2.05) is 66.7 Å². The number of carbonyl (C=O) groups excluding carboxylic acids is 2. The summed E-state index contributed by atoms with van der Waals surface area (Å²) in [4.78, 5) is 26.2. The van der Waals surface area contributed by atoms with Crippen molar-refractivity contribution in [1.29, 1.82) is 0 Å². The number of esters is 1. The van der Waals surface area contributed by atoms with Crippen LogP contribution in [0.4, 0.5) is 4.79 Å². The zero-order valence-electron chi connectivity index (χ0n) is 27.4. The molecule has 256 valence electrons. The van der Waals surface area contributed by atoms with E-state index in [1.165, 1.54) is 0 Å². The Balaban J connectivity index is 1.14. The maximum Gasteiger partial charge on any atom is 0.325 e.